The maximum Gasteiger partial charge on any atom is 0.254 e. The van der Waals surface area contributed by atoms with Crippen LogP contribution in [0.1, 0.15) is 35.5 Å². The Morgan fingerprint density at radius 2 is 2.00 bits per heavy atom. The molecule has 3 heterocycles. The highest BCUT2D eigenvalue weighted by atomic mass is 19.1. The van der Waals surface area contributed by atoms with Crippen LogP contribution in [0, 0.1) is 18.6 Å². The summed E-state index contributed by atoms with van der Waals surface area (Å²) in [6.07, 6.45) is 3.27. The first-order valence-electron chi connectivity index (χ1n) is 8.29. The van der Waals surface area contributed by atoms with E-state index < -0.39 is 5.82 Å². The van der Waals surface area contributed by atoms with Crippen molar-refractivity contribution >= 4 is 0 Å². The monoisotopic (exact) mass is 331 g/mol. The third-order valence-electron chi connectivity index (χ3n) is 5.22. The normalized spacial score (nSPS) is 23.1. The van der Waals surface area contributed by atoms with Crippen LogP contribution in [-0.4, -0.2) is 27.0 Å². The highest BCUT2D eigenvalue weighted by Gasteiger charge is 2.38. The molecule has 2 bridgehead atoms. The van der Waals surface area contributed by atoms with E-state index in [-0.39, 0.29) is 23.5 Å². The molecule has 1 fully saturated rings. The van der Waals surface area contributed by atoms with Gasteiger partial charge < -0.3 is 4.98 Å². The van der Waals surface area contributed by atoms with Crippen LogP contribution in [0.5, 0.6) is 0 Å². The molecule has 4 nitrogen and oxygen atoms in total. The van der Waals surface area contributed by atoms with E-state index in [2.05, 4.69) is 14.9 Å². The molecule has 0 amide bonds. The molecule has 6 heteroatoms. The van der Waals surface area contributed by atoms with Crippen LogP contribution in [0.2, 0.25) is 0 Å². The van der Waals surface area contributed by atoms with Gasteiger partial charge in [-0.15, -0.1) is 0 Å². The highest BCUT2D eigenvalue weighted by Crippen LogP contribution is 2.34. The van der Waals surface area contributed by atoms with Crippen molar-refractivity contribution < 1.29 is 8.78 Å². The van der Waals surface area contributed by atoms with Crippen LogP contribution in [0.3, 0.4) is 0 Å². The van der Waals surface area contributed by atoms with E-state index in [4.69, 9.17) is 0 Å². The van der Waals surface area contributed by atoms with E-state index in [0.29, 0.717) is 30.8 Å². The molecule has 24 heavy (non-hydrogen) atoms. The summed E-state index contributed by atoms with van der Waals surface area (Å²) in [7, 11) is 0. The smallest absolute Gasteiger partial charge is 0.254 e. The molecular weight excluding hydrogens is 312 g/mol. The van der Waals surface area contributed by atoms with Gasteiger partial charge in [-0.1, -0.05) is 0 Å². The van der Waals surface area contributed by atoms with Gasteiger partial charge in [-0.2, -0.15) is 0 Å². The van der Waals surface area contributed by atoms with Gasteiger partial charge in [0.2, 0.25) is 0 Å². The SMILES string of the molecule is Cc1nc2c(c(=O)[nH]1)C[C@H]1CC[C@@H](C2)N1Cc1cc(F)ccc1F. The molecule has 0 radical (unpaired) electrons. The molecule has 2 aliphatic rings. The lowest BCUT2D eigenvalue weighted by Crippen LogP contribution is -2.36. The van der Waals surface area contributed by atoms with Gasteiger partial charge in [-0.3, -0.25) is 9.69 Å². The topological polar surface area (TPSA) is 49.0 Å². The maximum absolute atomic E-state index is 14.0. The zero-order valence-electron chi connectivity index (χ0n) is 13.5. The summed E-state index contributed by atoms with van der Waals surface area (Å²) < 4.78 is 27.5. The minimum absolute atomic E-state index is 0.0677. The number of aromatic nitrogens is 2. The third-order valence-corrected chi connectivity index (χ3v) is 5.22. The average molecular weight is 331 g/mol. The van der Waals surface area contributed by atoms with Gasteiger partial charge in [-0.25, -0.2) is 13.8 Å². The van der Waals surface area contributed by atoms with E-state index in [1.54, 1.807) is 6.92 Å². The lowest BCUT2D eigenvalue weighted by atomic mass is 9.98. The second kappa shape index (κ2) is 5.77. The lowest BCUT2D eigenvalue weighted by molar-refractivity contribution is 0.185. The minimum Gasteiger partial charge on any atom is -0.311 e. The minimum atomic E-state index is -0.425. The second-order valence-electron chi connectivity index (χ2n) is 6.78. The van der Waals surface area contributed by atoms with Crippen molar-refractivity contribution in [3.63, 3.8) is 0 Å². The fraction of sp³-hybridized carbons (Fsp3) is 0.444. The number of benzene rings is 1. The Bertz CT molecular complexity index is 849. The van der Waals surface area contributed by atoms with Crippen molar-refractivity contribution in [1.29, 1.82) is 0 Å². The summed E-state index contributed by atoms with van der Waals surface area (Å²) in [6.45, 7) is 2.15. The van der Waals surface area contributed by atoms with Crippen LogP contribution in [0.4, 0.5) is 8.78 Å². The van der Waals surface area contributed by atoms with Crippen LogP contribution in [0.25, 0.3) is 0 Å². The molecule has 2 aromatic rings. The first-order valence-corrected chi connectivity index (χ1v) is 8.29. The molecule has 126 valence electrons. The number of nitrogens with one attached hydrogen (secondary N) is 1. The number of fused-ring (bicyclic) bond motifs is 3. The van der Waals surface area contributed by atoms with Crippen LogP contribution in [0.15, 0.2) is 23.0 Å². The molecular formula is C18H19F2N3O. The zero-order valence-corrected chi connectivity index (χ0v) is 13.5. The predicted octanol–water partition coefficient (Wildman–Crippen LogP) is 2.49. The number of nitrogens with zero attached hydrogens (tertiary/aromatic N) is 2. The van der Waals surface area contributed by atoms with E-state index in [9.17, 15) is 13.6 Å². The Morgan fingerprint density at radius 1 is 1.25 bits per heavy atom. The lowest BCUT2D eigenvalue weighted by Gasteiger charge is -2.28. The average Bonchev–Trinajstić information content (AvgIpc) is 2.79. The second-order valence-corrected chi connectivity index (χ2v) is 6.78. The molecule has 1 aromatic carbocycles. The summed E-state index contributed by atoms with van der Waals surface area (Å²) >= 11 is 0. The summed E-state index contributed by atoms with van der Waals surface area (Å²) in [5, 5.41) is 0. The van der Waals surface area contributed by atoms with Crippen molar-refractivity contribution in [2.24, 2.45) is 0 Å². The van der Waals surface area contributed by atoms with Crippen molar-refractivity contribution in [3.8, 4) is 0 Å². The van der Waals surface area contributed by atoms with Crippen LogP contribution >= 0.6 is 0 Å². The maximum atomic E-state index is 14.0. The van der Waals surface area contributed by atoms with E-state index in [1.807, 2.05) is 0 Å². The first-order chi connectivity index (χ1) is 11.5. The number of aromatic amines is 1. The van der Waals surface area contributed by atoms with Gasteiger partial charge in [-0.05, 0) is 44.4 Å². The Labute approximate surface area is 138 Å². The van der Waals surface area contributed by atoms with Crippen molar-refractivity contribution in [2.45, 2.75) is 51.2 Å². The highest BCUT2D eigenvalue weighted by molar-refractivity contribution is 5.25. The Kier molecular flexibility index (Phi) is 3.72. The summed E-state index contributed by atoms with van der Waals surface area (Å²) in [5.74, 6) is -0.186. The van der Waals surface area contributed by atoms with Crippen LogP contribution < -0.4 is 5.56 Å². The molecule has 0 spiro atoms. The summed E-state index contributed by atoms with van der Waals surface area (Å²) in [6, 6.07) is 3.96. The van der Waals surface area contributed by atoms with Gasteiger partial charge in [0.15, 0.2) is 0 Å². The molecule has 1 N–H and O–H groups in total. The molecule has 4 rings (SSSR count). The number of rotatable bonds is 2. The van der Waals surface area contributed by atoms with E-state index >= 15 is 0 Å². The van der Waals surface area contributed by atoms with Gasteiger partial charge in [0.25, 0.3) is 5.56 Å². The zero-order chi connectivity index (χ0) is 16.8. The fourth-order valence-corrected chi connectivity index (χ4v) is 4.08. The van der Waals surface area contributed by atoms with E-state index in [1.165, 1.54) is 12.1 Å². The number of hydrogen-bond acceptors (Lipinski definition) is 3. The van der Waals surface area contributed by atoms with E-state index in [0.717, 1.165) is 30.2 Å². The molecule has 2 atom stereocenters. The van der Waals surface area contributed by atoms with Gasteiger partial charge in [0.05, 0.1) is 5.69 Å². The van der Waals surface area contributed by atoms with Gasteiger partial charge >= 0.3 is 0 Å². The summed E-state index contributed by atoms with van der Waals surface area (Å²) in [5.41, 5.74) is 1.91. The Balaban J connectivity index is 1.67. The summed E-state index contributed by atoms with van der Waals surface area (Å²) in [4.78, 5) is 21.8. The predicted molar refractivity (Wildman–Crippen MR) is 85.7 cm³/mol. The molecule has 0 saturated carbocycles. The molecule has 1 saturated heterocycles. The molecule has 2 aliphatic heterocycles. The number of aryl methyl sites for hydroxylation is 1. The van der Waals surface area contributed by atoms with Crippen molar-refractivity contribution in [1.82, 2.24) is 14.9 Å². The quantitative estimate of drug-likeness (QED) is 0.920. The number of H-pyrrole nitrogens is 1. The van der Waals surface area contributed by atoms with Crippen LogP contribution in [-0.2, 0) is 19.4 Å². The Hall–Kier alpha value is -2.08. The number of hydrogen-bond donors (Lipinski definition) is 1. The van der Waals surface area contributed by atoms with Crippen molar-refractivity contribution in [3.05, 3.63) is 62.8 Å². The first kappa shape index (κ1) is 15.4. The van der Waals surface area contributed by atoms with Gasteiger partial charge in [0, 0.05) is 36.2 Å². The largest absolute Gasteiger partial charge is 0.311 e. The van der Waals surface area contributed by atoms with Crippen molar-refractivity contribution in [2.75, 3.05) is 0 Å². The fourth-order valence-electron chi connectivity index (χ4n) is 4.08. The number of halogens is 2. The molecule has 0 unspecified atom stereocenters. The third kappa shape index (κ3) is 2.65. The molecule has 0 aliphatic carbocycles. The standard InChI is InChI=1S/C18H19F2N3O/c1-10-21-17-8-14-4-3-13(7-15(17)18(24)22-10)23(14)9-11-6-12(19)2-5-16(11)20/h2,5-6,13-14H,3-4,7-9H2,1H3,(H,21,22,24)/t13-,14+/m1/s1. The molecule has 1 aromatic heterocycles. The Morgan fingerprint density at radius 3 is 2.79 bits per heavy atom. The van der Waals surface area contributed by atoms with Gasteiger partial charge in [0.1, 0.15) is 17.5 Å².